The number of rotatable bonds is 1. The highest BCUT2D eigenvalue weighted by Crippen LogP contribution is 2.26. The second kappa shape index (κ2) is 4.34. The molecule has 0 aliphatic carbocycles. The Labute approximate surface area is 89.0 Å². The fraction of sp³-hybridized carbons (Fsp3) is 0.417. The minimum atomic E-state index is -0.446. The first-order valence-corrected chi connectivity index (χ1v) is 5.13. The molecule has 0 saturated carbocycles. The van der Waals surface area contributed by atoms with Gasteiger partial charge in [0.25, 0.3) is 0 Å². The smallest absolute Gasteiger partial charge is 0.347 e. The molecule has 0 aromatic heterocycles. The SMILES string of the molecule is COC(=O)[C@@H]1CCCc2ccccc2O1. The maximum Gasteiger partial charge on any atom is 0.347 e. The quantitative estimate of drug-likeness (QED) is 0.659. The molecule has 15 heavy (non-hydrogen) atoms. The Morgan fingerprint density at radius 1 is 1.47 bits per heavy atom. The van der Waals surface area contributed by atoms with Crippen LogP contribution in [0.3, 0.4) is 0 Å². The first-order chi connectivity index (χ1) is 7.31. The van der Waals surface area contributed by atoms with Gasteiger partial charge in [-0.1, -0.05) is 18.2 Å². The van der Waals surface area contributed by atoms with Gasteiger partial charge < -0.3 is 9.47 Å². The highest BCUT2D eigenvalue weighted by molar-refractivity contribution is 5.75. The lowest BCUT2D eigenvalue weighted by Crippen LogP contribution is -2.27. The number of benzene rings is 1. The molecule has 0 spiro atoms. The van der Waals surface area contributed by atoms with Crippen LogP contribution in [0.4, 0.5) is 0 Å². The van der Waals surface area contributed by atoms with Crippen molar-refractivity contribution in [1.29, 1.82) is 0 Å². The second-order valence-corrected chi connectivity index (χ2v) is 3.63. The summed E-state index contributed by atoms with van der Waals surface area (Å²) in [6.45, 7) is 0. The Morgan fingerprint density at radius 2 is 2.27 bits per heavy atom. The molecule has 80 valence electrons. The first-order valence-electron chi connectivity index (χ1n) is 5.13. The molecule has 0 amide bonds. The highest BCUT2D eigenvalue weighted by atomic mass is 16.6. The van der Waals surface area contributed by atoms with Gasteiger partial charge >= 0.3 is 5.97 Å². The number of fused-ring (bicyclic) bond motifs is 1. The average molecular weight is 206 g/mol. The summed E-state index contributed by atoms with van der Waals surface area (Å²) in [5.74, 6) is 0.525. The number of ether oxygens (including phenoxy) is 2. The van der Waals surface area contributed by atoms with E-state index >= 15 is 0 Å². The molecule has 1 atom stereocenters. The van der Waals surface area contributed by atoms with Crippen LogP contribution in [0.15, 0.2) is 24.3 Å². The molecule has 1 aromatic rings. The average Bonchev–Trinajstić information content (AvgIpc) is 2.49. The lowest BCUT2D eigenvalue weighted by atomic mass is 10.1. The Bertz CT molecular complexity index is 360. The van der Waals surface area contributed by atoms with Crippen LogP contribution in [-0.4, -0.2) is 19.2 Å². The van der Waals surface area contributed by atoms with Crippen molar-refractivity contribution in [3.8, 4) is 5.75 Å². The van der Waals surface area contributed by atoms with Crippen LogP contribution in [0.1, 0.15) is 18.4 Å². The van der Waals surface area contributed by atoms with E-state index in [1.165, 1.54) is 12.7 Å². The molecular formula is C12H14O3. The topological polar surface area (TPSA) is 35.5 Å². The number of aryl methyl sites for hydroxylation is 1. The molecule has 0 radical (unpaired) electrons. The van der Waals surface area contributed by atoms with E-state index in [-0.39, 0.29) is 5.97 Å². The number of methoxy groups -OCH3 is 1. The van der Waals surface area contributed by atoms with Crippen molar-refractivity contribution >= 4 is 5.97 Å². The number of esters is 1. The first kappa shape index (κ1) is 10.0. The predicted molar refractivity (Wildman–Crippen MR) is 55.8 cm³/mol. The molecule has 1 aliphatic rings. The summed E-state index contributed by atoms with van der Waals surface area (Å²) in [7, 11) is 1.39. The molecule has 1 aromatic carbocycles. The molecule has 0 saturated heterocycles. The third-order valence-electron chi connectivity index (χ3n) is 2.62. The van der Waals surface area contributed by atoms with Crippen LogP contribution >= 0.6 is 0 Å². The molecular weight excluding hydrogens is 192 g/mol. The van der Waals surface area contributed by atoms with E-state index in [1.807, 2.05) is 24.3 Å². The minimum absolute atomic E-state index is 0.285. The molecule has 0 N–H and O–H groups in total. The lowest BCUT2D eigenvalue weighted by molar-refractivity contribution is -0.149. The summed E-state index contributed by atoms with van der Waals surface area (Å²) in [4.78, 5) is 11.4. The number of carbonyl (C=O) groups excluding carboxylic acids is 1. The standard InChI is InChI=1S/C12H14O3/c1-14-12(13)11-8-4-6-9-5-2-3-7-10(9)15-11/h2-3,5,7,11H,4,6,8H2,1H3/t11-/m0/s1. The van der Waals surface area contributed by atoms with Crippen molar-refractivity contribution in [1.82, 2.24) is 0 Å². The van der Waals surface area contributed by atoms with Gasteiger partial charge in [0.2, 0.25) is 0 Å². The molecule has 0 unspecified atom stereocenters. The Kier molecular flexibility index (Phi) is 2.90. The van der Waals surface area contributed by atoms with Crippen molar-refractivity contribution in [3.05, 3.63) is 29.8 Å². The predicted octanol–water partition coefficient (Wildman–Crippen LogP) is 1.94. The van der Waals surface area contributed by atoms with E-state index in [2.05, 4.69) is 0 Å². The summed E-state index contributed by atoms with van der Waals surface area (Å²) < 4.78 is 10.3. The van der Waals surface area contributed by atoms with Gasteiger partial charge in [-0.3, -0.25) is 0 Å². The number of para-hydroxylation sites is 1. The molecule has 3 nitrogen and oxygen atoms in total. The Balaban J connectivity index is 2.21. The summed E-state index contributed by atoms with van der Waals surface area (Å²) in [5.41, 5.74) is 1.17. The number of carbonyl (C=O) groups is 1. The molecule has 1 heterocycles. The maximum atomic E-state index is 11.4. The van der Waals surface area contributed by atoms with Crippen molar-refractivity contribution < 1.29 is 14.3 Å². The van der Waals surface area contributed by atoms with Crippen LogP contribution in [-0.2, 0) is 16.0 Å². The van der Waals surface area contributed by atoms with Crippen molar-refractivity contribution in [2.75, 3.05) is 7.11 Å². The van der Waals surface area contributed by atoms with Crippen LogP contribution in [0.2, 0.25) is 0 Å². The molecule has 0 fully saturated rings. The zero-order valence-electron chi connectivity index (χ0n) is 8.73. The molecule has 3 heteroatoms. The minimum Gasteiger partial charge on any atom is -0.478 e. The van der Waals surface area contributed by atoms with Gasteiger partial charge in [-0.2, -0.15) is 0 Å². The summed E-state index contributed by atoms with van der Waals surface area (Å²) >= 11 is 0. The zero-order chi connectivity index (χ0) is 10.7. The summed E-state index contributed by atoms with van der Waals surface area (Å²) in [6, 6.07) is 7.84. The highest BCUT2D eigenvalue weighted by Gasteiger charge is 2.24. The number of hydrogen-bond acceptors (Lipinski definition) is 3. The molecule has 0 bridgehead atoms. The van der Waals surface area contributed by atoms with E-state index in [4.69, 9.17) is 9.47 Å². The van der Waals surface area contributed by atoms with Crippen LogP contribution < -0.4 is 4.74 Å². The fourth-order valence-corrected chi connectivity index (χ4v) is 1.81. The van der Waals surface area contributed by atoms with Gasteiger partial charge in [-0.05, 0) is 30.9 Å². The van der Waals surface area contributed by atoms with Crippen molar-refractivity contribution in [2.24, 2.45) is 0 Å². The zero-order valence-corrected chi connectivity index (χ0v) is 8.73. The van der Waals surface area contributed by atoms with Gasteiger partial charge in [-0.15, -0.1) is 0 Å². The monoisotopic (exact) mass is 206 g/mol. The van der Waals surface area contributed by atoms with Crippen molar-refractivity contribution in [2.45, 2.75) is 25.4 Å². The Morgan fingerprint density at radius 3 is 3.07 bits per heavy atom. The maximum absolute atomic E-state index is 11.4. The summed E-state index contributed by atoms with van der Waals surface area (Å²) in [5, 5.41) is 0. The van der Waals surface area contributed by atoms with Gasteiger partial charge in [0.15, 0.2) is 6.10 Å². The van der Waals surface area contributed by atoms with Crippen molar-refractivity contribution in [3.63, 3.8) is 0 Å². The van der Waals surface area contributed by atoms with E-state index in [0.717, 1.165) is 25.0 Å². The number of hydrogen-bond donors (Lipinski definition) is 0. The largest absolute Gasteiger partial charge is 0.478 e. The van der Waals surface area contributed by atoms with Gasteiger partial charge in [0, 0.05) is 0 Å². The van der Waals surface area contributed by atoms with Crippen LogP contribution in [0.5, 0.6) is 5.75 Å². The fourth-order valence-electron chi connectivity index (χ4n) is 1.81. The van der Waals surface area contributed by atoms with Gasteiger partial charge in [0.05, 0.1) is 7.11 Å². The van der Waals surface area contributed by atoms with Gasteiger partial charge in [-0.25, -0.2) is 4.79 Å². The van der Waals surface area contributed by atoms with E-state index in [0.29, 0.717) is 0 Å². The molecule has 1 aliphatic heterocycles. The van der Waals surface area contributed by atoms with Crippen LogP contribution in [0, 0.1) is 0 Å². The second-order valence-electron chi connectivity index (χ2n) is 3.63. The van der Waals surface area contributed by atoms with E-state index < -0.39 is 6.10 Å². The van der Waals surface area contributed by atoms with Gasteiger partial charge in [0.1, 0.15) is 5.75 Å². The third-order valence-corrected chi connectivity index (χ3v) is 2.62. The van der Waals surface area contributed by atoms with Crippen LogP contribution in [0.25, 0.3) is 0 Å². The van der Waals surface area contributed by atoms with E-state index in [9.17, 15) is 4.79 Å². The summed E-state index contributed by atoms with van der Waals surface area (Å²) in [6.07, 6.45) is 2.19. The molecule has 2 rings (SSSR count). The normalized spacial score (nSPS) is 19.7. The third kappa shape index (κ3) is 2.12. The van der Waals surface area contributed by atoms with E-state index in [1.54, 1.807) is 0 Å². The lowest BCUT2D eigenvalue weighted by Gasteiger charge is -2.14. The Hall–Kier alpha value is -1.51.